The number of fused-ring (bicyclic) bond motifs is 1. The molecule has 0 amide bonds. The van der Waals surface area contributed by atoms with Crippen LogP contribution < -0.4 is 10.6 Å². The van der Waals surface area contributed by atoms with Gasteiger partial charge in [0, 0.05) is 49.1 Å². The Hall–Kier alpha value is -4.01. The summed E-state index contributed by atoms with van der Waals surface area (Å²) in [5.74, 6) is 2.25. The molecule has 8 nitrogen and oxygen atoms in total. The van der Waals surface area contributed by atoms with E-state index < -0.39 is 0 Å². The largest absolute Gasteiger partial charge is 0.373 e. The molecule has 1 aromatic carbocycles. The molecule has 9 heteroatoms. The van der Waals surface area contributed by atoms with Crippen LogP contribution in [0.25, 0.3) is 10.9 Å². The highest BCUT2D eigenvalue weighted by Gasteiger charge is 2.18. The average Bonchev–Trinajstić information content (AvgIpc) is 3.74. The van der Waals surface area contributed by atoms with Crippen LogP contribution in [0.5, 0.6) is 0 Å². The third-order valence-corrected chi connectivity index (χ3v) is 5.05. The fourth-order valence-electron chi connectivity index (χ4n) is 3.04. The van der Waals surface area contributed by atoms with Gasteiger partial charge < -0.3 is 15.4 Å². The van der Waals surface area contributed by atoms with Crippen molar-refractivity contribution in [2.24, 2.45) is 5.92 Å². The van der Waals surface area contributed by atoms with Crippen molar-refractivity contribution in [2.45, 2.75) is 54.0 Å². The zero-order valence-electron chi connectivity index (χ0n) is 22.4. The molecule has 1 aliphatic carbocycles. The molecule has 2 N–H and O–H groups in total. The molecule has 0 aliphatic heterocycles. The number of aromatic nitrogens is 5. The number of hydrogen-bond acceptors (Lipinski definition) is 8. The highest BCUT2D eigenvalue weighted by molar-refractivity contribution is 5.80. The minimum absolute atomic E-state index is 0.311. The molecule has 1 aliphatic rings. The first-order valence-electron chi connectivity index (χ1n) is 12.4. The second-order valence-corrected chi connectivity index (χ2v) is 8.28. The van der Waals surface area contributed by atoms with Crippen LogP contribution in [0.4, 0.5) is 16.0 Å². The van der Waals surface area contributed by atoms with E-state index in [1.165, 1.54) is 12.4 Å². The van der Waals surface area contributed by atoms with Gasteiger partial charge in [0.25, 0.3) is 0 Å². The summed E-state index contributed by atoms with van der Waals surface area (Å²) in [6.07, 6.45) is 8.25. The fraction of sp³-hybridized carbons (Fsp3) is 0.357. The lowest BCUT2D eigenvalue weighted by atomic mass is 10.1. The molecular formula is C28H36FN7O. The number of carbonyl (C=O) groups excluding carboxylic acids is 1. The van der Waals surface area contributed by atoms with Crippen LogP contribution in [-0.2, 0) is 11.3 Å². The zero-order chi connectivity index (χ0) is 27.2. The molecule has 1 saturated carbocycles. The lowest BCUT2D eigenvalue weighted by Gasteiger charge is -2.10. The van der Waals surface area contributed by atoms with Crippen LogP contribution in [0, 0.1) is 32.5 Å². The summed E-state index contributed by atoms with van der Waals surface area (Å²) >= 11 is 0. The van der Waals surface area contributed by atoms with Crippen LogP contribution in [0.1, 0.15) is 49.3 Å². The van der Waals surface area contributed by atoms with E-state index in [9.17, 15) is 9.18 Å². The third kappa shape index (κ3) is 10.2. The molecular weight excluding hydrogens is 469 g/mol. The predicted molar refractivity (Wildman–Crippen MR) is 147 cm³/mol. The maximum atomic E-state index is 14.2. The van der Waals surface area contributed by atoms with Crippen LogP contribution in [0.15, 0.2) is 49.1 Å². The number of halogens is 1. The third-order valence-electron chi connectivity index (χ3n) is 5.05. The van der Waals surface area contributed by atoms with Crippen LogP contribution in [0.3, 0.4) is 0 Å². The Bertz CT molecular complexity index is 1260. The van der Waals surface area contributed by atoms with E-state index >= 15 is 0 Å². The molecule has 5 rings (SSSR count). The monoisotopic (exact) mass is 505 g/mol. The summed E-state index contributed by atoms with van der Waals surface area (Å²) in [6.45, 7) is 10.2. The first-order valence-corrected chi connectivity index (χ1v) is 12.4. The summed E-state index contributed by atoms with van der Waals surface area (Å²) in [7, 11) is 1.81. The molecule has 3 heterocycles. The Labute approximate surface area is 218 Å². The molecule has 0 unspecified atom stereocenters. The van der Waals surface area contributed by atoms with Gasteiger partial charge in [0.1, 0.15) is 41.4 Å². The van der Waals surface area contributed by atoms with Crippen LogP contribution in [-0.4, -0.2) is 38.3 Å². The van der Waals surface area contributed by atoms with Gasteiger partial charge in [-0.25, -0.2) is 24.3 Å². The number of aryl methyl sites for hydroxylation is 3. The van der Waals surface area contributed by atoms with Crippen molar-refractivity contribution in [1.82, 2.24) is 24.9 Å². The van der Waals surface area contributed by atoms with E-state index in [4.69, 9.17) is 0 Å². The smallest absolute Gasteiger partial charge is 0.149 e. The van der Waals surface area contributed by atoms with Crippen molar-refractivity contribution < 1.29 is 9.18 Å². The first kappa shape index (κ1) is 29.2. The van der Waals surface area contributed by atoms with E-state index in [-0.39, 0.29) is 5.82 Å². The van der Waals surface area contributed by atoms with Crippen molar-refractivity contribution in [3.05, 3.63) is 77.5 Å². The minimum atomic E-state index is -0.311. The number of hydrogen-bond donors (Lipinski definition) is 2. The van der Waals surface area contributed by atoms with Crippen LogP contribution in [0.2, 0.25) is 0 Å². The Kier molecular flexibility index (Phi) is 12.0. The van der Waals surface area contributed by atoms with Gasteiger partial charge in [0.15, 0.2) is 0 Å². The number of nitrogens with zero attached hydrogens (tertiary/aromatic N) is 5. The van der Waals surface area contributed by atoms with Gasteiger partial charge in [0.2, 0.25) is 0 Å². The van der Waals surface area contributed by atoms with Crippen molar-refractivity contribution in [3.8, 4) is 0 Å². The molecule has 0 saturated heterocycles. The Morgan fingerprint density at radius 1 is 1.03 bits per heavy atom. The van der Waals surface area contributed by atoms with E-state index in [2.05, 4.69) is 35.6 Å². The summed E-state index contributed by atoms with van der Waals surface area (Å²) in [6, 6.07) is 9.06. The SMILES string of the molecule is CC.CNc1cc(NCc2cc(F)c3ncc(C)cc3c2)nc(C)n1.Cc1ccncn1.O=CC1CC1. The first-order chi connectivity index (χ1) is 17.9. The zero-order valence-corrected chi connectivity index (χ0v) is 22.4. The molecule has 3 aromatic heterocycles. The minimum Gasteiger partial charge on any atom is -0.373 e. The molecule has 1 fully saturated rings. The quantitative estimate of drug-likeness (QED) is 0.326. The van der Waals surface area contributed by atoms with Gasteiger partial charge in [-0.05, 0) is 69.0 Å². The standard InChI is InChI=1S/C17H18FN5.C5H6N2.C4H6O.C2H6/c1-10-4-13-5-12(6-14(18)17(13)21-8-10)9-20-16-7-15(19-3)22-11(2)23-16;1-5-2-3-6-4-7-5;5-3-4-1-2-4;1-2/h4-8H,9H2,1-3H3,(H2,19,20,22,23);2-4H,1H3;3-4H,1-2H2;1-2H3. The van der Waals surface area contributed by atoms with E-state index in [1.807, 2.05) is 58.9 Å². The van der Waals surface area contributed by atoms with E-state index in [0.717, 1.165) is 47.2 Å². The Morgan fingerprint density at radius 2 is 1.76 bits per heavy atom. The molecule has 37 heavy (non-hydrogen) atoms. The van der Waals surface area contributed by atoms with Crippen LogP contribution >= 0.6 is 0 Å². The lowest BCUT2D eigenvalue weighted by molar-refractivity contribution is -0.108. The second kappa shape index (κ2) is 15.2. The van der Waals surface area contributed by atoms with E-state index in [1.54, 1.807) is 19.4 Å². The van der Waals surface area contributed by atoms with Crippen molar-refractivity contribution in [2.75, 3.05) is 17.7 Å². The molecule has 0 radical (unpaired) electrons. The van der Waals surface area contributed by atoms with E-state index in [0.29, 0.717) is 29.6 Å². The van der Waals surface area contributed by atoms with Gasteiger partial charge in [-0.3, -0.25) is 4.98 Å². The number of anilines is 2. The number of nitrogens with one attached hydrogen (secondary N) is 2. The highest BCUT2D eigenvalue weighted by Crippen LogP contribution is 2.25. The van der Waals surface area contributed by atoms with Gasteiger partial charge in [0.05, 0.1) is 0 Å². The van der Waals surface area contributed by atoms with Gasteiger partial charge in [-0.2, -0.15) is 0 Å². The molecule has 4 aromatic rings. The number of benzene rings is 1. The number of carbonyl (C=O) groups is 1. The maximum absolute atomic E-state index is 14.2. The summed E-state index contributed by atoms with van der Waals surface area (Å²) in [5, 5.41) is 6.99. The molecule has 0 spiro atoms. The molecule has 0 atom stereocenters. The van der Waals surface area contributed by atoms with Gasteiger partial charge in [-0.15, -0.1) is 0 Å². The number of pyridine rings is 1. The second-order valence-electron chi connectivity index (χ2n) is 8.28. The summed E-state index contributed by atoms with van der Waals surface area (Å²) < 4.78 is 14.2. The normalized spacial score (nSPS) is 11.5. The van der Waals surface area contributed by atoms with Gasteiger partial charge in [-0.1, -0.05) is 13.8 Å². The lowest BCUT2D eigenvalue weighted by Crippen LogP contribution is -2.05. The van der Waals surface area contributed by atoms with Gasteiger partial charge >= 0.3 is 0 Å². The van der Waals surface area contributed by atoms with Crippen molar-refractivity contribution in [3.63, 3.8) is 0 Å². The molecule has 196 valence electrons. The summed E-state index contributed by atoms with van der Waals surface area (Å²) in [4.78, 5) is 29.9. The number of aldehydes is 1. The number of rotatable bonds is 5. The summed E-state index contributed by atoms with van der Waals surface area (Å²) in [5.41, 5.74) is 3.25. The van der Waals surface area contributed by atoms with Crippen molar-refractivity contribution in [1.29, 1.82) is 0 Å². The highest BCUT2D eigenvalue weighted by atomic mass is 19.1. The Balaban J connectivity index is 0.000000279. The maximum Gasteiger partial charge on any atom is 0.149 e. The van der Waals surface area contributed by atoms with Crippen molar-refractivity contribution >= 4 is 28.8 Å². The Morgan fingerprint density at radius 3 is 2.30 bits per heavy atom. The predicted octanol–water partition coefficient (Wildman–Crippen LogP) is 5.84. The fourth-order valence-corrected chi connectivity index (χ4v) is 3.04. The topological polar surface area (TPSA) is 106 Å². The average molecular weight is 506 g/mol. The molecule has 0 bridgehead atoms.